The molecular weight excluding hydrogens is 457 g/mol. The van der Waals surface area contributed by atoms with Crippen LogP contribution in [0.1, 0.15) is 12.1 Å². The number of anilines is 1. The predicted molar refractivity (Wildman–Crippen MR) is 108 cm³/mol. The third kappa shape index (κ3) is 5.59. The number of hydrogen-bond donors (Lipinski definition) is 2. The summed E-state index contributed by atoms with van der Waals surface area (Å²) in [6, 6.07) is 8.68. The summed E-state index contributed by atoms with van der Waals surface area (Å²) in [5.41, 5.74) is 0.389. The van der Waals surface area contributed by atoms with Gasteiger partial charge in [-0.1, -0.05) is 12.1 Å². The first-order valence-electron chi connectivity index (χ1n) is 9.17. The number of pyridine rings is 1. The number of nitrogens with zero attached hydrogens (tertiary/aromatic N) is 3. The fourth-order valence-electron chi connectivity index (χ4n) is 2.78. The topological polar surface area (TPSA) is 88.9 Å². The Hall–Kier alpha value is -3.06. The summed E-state index contributed by atoms with van der Waals surface area (Å²) in [4.78, 5) is 4.38. The summed E-state index contributed by atoms with van der Waals surface area (Å²) in [5.74, 6) is -0.255. The molecule has 2 heterocycles. The molecule has 0 saturated carbocycles. The standard InChI is InChI=1S/C19H18F5N5O2S/c1-25-32(30,31)11-9-26-15-7-6-14(12-2-4-13(5-3-12)19(22,23)24)27-17(15)16-8-10-29(28-16)18(20)21/h2-8,10,18,25-26H,9,11H2,1H3. The van der Waals surface area contributed by atoms with Gasteiger partial charge in [0.05, 0.1) is 22.7 Å². The molecule has 0 unspecified atom stereocenters. The Morgan fingerprint density at radius 1 is 1.03 bits per heavy atom. The van der Waals surface area contributed by atoms with Crippen LogP contribution in [0.3, 0.4) is 0 Å². The van der Waals surface area contributed by atoms with E-state index in [-0.39, 0.29) is 29.4 Å². The summed E-state index contributed by atoms with van der Waals surface area (Å²) in [6.45, 7) is -2.88. The van der Waals surface area contributed by atoms with Gasteiger partial charge >= 0.3 is 12.7 Å². The molecule has 0 saturated heterocycles. The second-order valence-corrected chi connectivity index (χ2v) is 8.62. The predicted octanol–water partition coefficient (Wildman–Crippen LogP) is 3.99. The Morgan fingerprint density at radius 2 is 1.72 bits per heavy atom. The van der Waals surface area contributed by atoms with E-state index in [0.717, 1.165) is 18.3 Å². The molecule has 3 aromatic rings. The van der Waals surface area contributed by atoms with Crippen molar-refractivity contribution >= 4 is 15.7 Å². The molecule has 0 atom stereocenters. The summed E-state index contributed by atoms with van der Waals surface area (Å²) >= 11 is 0. The number of benzene rings is 1. The van der Waals surface area contributed by atoms with Crippen LogP contribution < -0.4 is 10.0 Å². The minimum atomic E-state index is -4.49. The molecule has 0 aliphatic heterocycles. The van der Waals surface area contributed by atoms with Gasteiger partial charge in [-0.25, -0.2) is 22.8 Å². The second kappa shape index (κ2) is 9.20. The molecule has 0 amide bonds. The summed E-state index contributed by atoms with van der Waals surface area (Å²) in [7, 11) is -2.21. The van der Waals surface area contributed by atoms with Crippen LogP contribution in [-0.4, -0.2) is 42.5 Å². The van der Waals surface area contributed by atoms with Gasteiger partial charge in [-0.15, -0.1) is 0 Å². The van der Waals surface area contributed by atoms with Crippen molar-refractivity contribution in [3.8, 4) is 22.6 Å². The Kier molecular flexibility index (Phi) is 6.79. The maximum absolute atomic E-state index is 12.9. The van der Waals surface area contributed by atoms with Gasteiger partial charge in [0.15, 0.2) is 0 Å². The van der Waals surface area contributed by atoms with E-state index in [2.05, 4.69) is 20.1 Å². The molecule has 2 N–H and O–H groups in total. The van der Waals surface area contributed by atoms with E-state index in [1.807, 2.05) is 0 Å². The molecule has 7 nitrogen and oxygen atoms in total. The lowest BCUT2D eigenvalue weighted by molar-refractivity contribution is -0.137. The first kappa shape index (κ1) is 23.6. The average Bonchev–Trinajstić information content (AvgIpc) is 3.24. The van der Waals surface area contributed by atoms with Gasteiger partial charge in [0, 0.05) is 18.3 Å². The highest BCUT2D eigenvalue weighted by Gasteiger charge is 2.30. The third-order valence-corrected chi connectivity index (χ3v) is 5.82. The Bertz CT molecular complexity index is 1180. The Morgan fingerprint density at radius 3 is 2.28 bits per heavy atom. The second-order valence-electron chi connectivity index (χ2n) is 6.58. The van der Waals surface area contributed by atoms with E-state index in [0.29, 0.717) is 15.9 Å². The molecule has 0 aliphatic carbocycles. The molecule has 1 aromatic carbocycles. The van der Waals surface area contributed by atoms with Crippen molar-refractivity contribution in [2.45, 2.75) is 12.7 Å². The van der Waals surface area contributed by atoms with Crippen molar-refractivity contribution in [1.82, 2.24) is 19.5 Å². The summed E-state index contributed by atoms with van der Waals surface area (Å²) in [5, 5.41) is 6.66. The molecule has 0 bridgehead atoms. The molecule has 32 heavy (non-hydrogen) atoms. The van der Waals surface area contributed by atoms with E-state index < -0.39 is 28.3 Å². The quantitative estimate of drug-likeness (QED) is 0.481. The number of rotatable bonds is 8. The van der Waals surface area contributed by atoms with Crippen molar-refractivity contribution in [3.63, 3.8) is 0 Å². The average molecular weight is 475 g/mol. The number of nitrogens with one attached hydrogen (secondary N) is 2. The number of halogens is 5. The number of hydrogen-bond acceptors (Lipinski definition) is 5. The lowest BCUT2D eigenvalue weighted by Gasteiger charge is -2.13. The zero-order valence-corrected chi connectivity index (χ0v) is 17.4. The Labute approximate surface area is 180 Å². The van der Waals surface area contributed by atoms with Crippen LogP contribution in [0.5, 0.6) is 0 Å². The SMILES string of the molecule is CNS(=O)(=O)CCNc1ccc(-c2ccc(C(F)(F)F)cc2)nc1-c1ccn(C(F)F)n1. The highest BCUT2D eigenvalue weighted by atomic mass is 32.2. The van der Waals surface area contributed by atoms with Crippen LogP contribution in [-0.2, 0) is 16.2 Å². The van der Waals surface area contributed by atoms with E-state index >= 15 is 0 Å². The Balaban J connectivity index is 1.97. The first-order valence-corrected chi connectivity index (χ1v) is 10.8. The van der Waals surface area contributed by atoms with Crippen molar-refractivity contribution in [2.75, 3.05) is 24.7 Å². The highest BCUT2D eigenvalue weighted by Crippen LogP contribution is 2.32. The summed E-state index contributed by atoms with van der Waals surface area (Å²) in [6.07, 6.45) is -3.43. The van der Waals surface area contributed by atoms with E-state index in [1.165, 1.54) is 37.4 Å². The number of aromatic nitrogens is 3. The molecule has 0 aliphatic rings. The monoisotopic (exact) mass is 475 g/mol. The lowest BCUT2D eigenvalue weighted by atomic mass is 10.1. The van der Waals surface area contributed by atoms with Crippen LogP contribution >= 0.6 is 0 Å². The minimum absolute atomic E-state index is 0.00691. The number of alkyl halides is 5. The fourth-order valence-corrected chi connectivity index (χ4v) is 3.36. The molecule has 0 spiro atoms. The molecule has 0 fully saturated rings. The van der Waals surface area contributed by atoms with Crippen molar-refractivity contribution in [1.29, 1.82) is 0 Å². The number of sulfonamides is 1. The zero-order valence-electron chi connectivity index (χ0n) is 16.6. The van der Waals surface area contributed by atoms with Crippen LogP contribution in [0, 0.1) is 0 Å². The van der Waals surface area contributed by atoms with Gasteiger partial charge < -0.3 is 5.32 Å². The zero-order chi connectivity index (χ0) is 23.5. The largest absolute Gasteiger partial charge is 0.416 e. The molecule has 172 valence electrons. The molecule has 2 aromatic heterocycles. The van der Waals surface area contributed by atoms with E-state index in [9.17, 15) is 30.4 Å². The van der Waals surface area contributed by atoms with Crippen LogP contribution in [0.4, 0.5) is 27.6 Å². The molecule has 0 radical (unpaired) electrons. The normalized spacial score (nSPS) is 12.3. The van der Waals surface area contributed by atoms with Crippen LogP contribution in [0.25, 0.3) is 22.6 Å². The van der Waals surface area contributed by atoms with Gasteiger partial charge in [-0.05, 0) is 37.4 Å². The first-order chi connectivity index (χ1) is 15.0. The van der Waals surface area contributed by atoms with Gasteiger partial charge in [0.1, 0.15) is 11.4 Å². The third-order valence-electron chi connectivity index (χ3n) is 4.45. The highest BCUT2D eigenvalue weighted by molar-refractivity contribution is 7.89. The van der Waals surface area contributed by atoms with Crippen molar-refractivity contribution < 1.29 is 30.4 Å². The van der Waals surface area contributed by atoms with Crippen LogP contribution in [0.15, 0.2) is 48.7 Å². The van der Waals surface area contributed by atoms with Crippen molar-refractivity contribution in [3.05, 3.63) is 54.2 Å². The van der Waals surface area contributed by atoms with Gasteiger partial charge in [-0.3, -0.25) is 0 Å². The smallest absolute Gasteiger partial charge is 0.382 e. The maximum Gasteiger partial charge on any atom is 0.416 e. The van der Waals surface area contributed by atoms with Crippen LogP contribution in [0.2, 0.25) is 0 Å². The molecular formula is C19H18F5N5O2S. The summed E-state index contributed by atoms with van der Waals surface area (Å²) < 4.78 is 90.2. The lowest BCUT2D eigenvalue weighted by Crippen LogP contribution is -2.26. The van der Waals surface area contributed by atoms with E-state index in [4.69, 9.17) is 0 Å². The van der Waals surface area contributed by atoms with E-state index in [1.54, 1.807) is 0 Å². The fraction of sp³-hybridized carbons (Fsp3) is 0.263. The van der Waals surface area contributed by atoms with Gasteiger partial charge in [0.2, 0.25) is 10.0 Å². The van der Waals surface area contributed by atoms with Crippen molar-refractivity contribution in [2.24, 2.45) is 0 Å². The molecule has 13 heteroatoms. The van der Waals surface area contributed by atoms with Gasteiger partial charge in [0.25, 0.3) is 0 Å². The maximum atomic E-state index is 12.9. The molecule has 3 rings (SSSR count). The van der Waals surface area contributed by atoms with Gasteiger partial charge in [-0.2, -0.15) is 27.1 Å². The minimum Gasteiger partial charge on any atom is -0.382 e.